The topological polar surface area (TPSA) is 83.5 Å². The van der Waals surface area contributed by atoms with Gasteiger partial charge in [-0.1, -0.05) is 43.7 Å². The van der Waals surface area contributed by atoms with Crippen molar-refractivity contribution >= 4 is 17.7 Å². The van der Waals surface area contributed by atoms with Crippen molar-refractivity contribution in [2.75, 3.05) is 0 Å². The van der Waals surface area contributed by atoms with E-state index in [1.54, 1.807) is 0 Å². The van der Waals surface area contributed by atoms with Crippen LogP contribution in [0.2, 0.25) is 0 Å². The largest absolute Gasteiger partial charge is 0.480 e. The van der Waals surface area contributed by atoms with E-state index in [9.17, 15) is 14.4 Å². The third kappa shape index (κ3) is 7.58. The van der Waals surface area contributed by atoms with Crippen molar-refractivity contribution in [3.8, 4) is 0 Å². The Balaban J connectivity index is 2.40. The lowest BCUT2D eigenvalue weighted by Gasteiger charge is -2.16. The van der Waals surface area contributed by atoms with Crippen molar-refractivity contribution in [1.82, 2.24) is 5.32 Å². The Hall–Kier alpha value is -2.17. The molecule has 1 aromatic carbocycles. The number of nitrogens with one attached hydrogen (secondary N) is 1. The highest BCUT2D eigenvalue weighted by Gasteiger charge is 2.21. The SMILES string of the molecule is Cc1ccc(CC(=O)CCC(=O)NC(CC(C)C)C(=O)O)cc1. The zero-order valence-corrected chi connectivity index (χ0v) is 14.0. The molecule has 0 aromatic heterocycles. The molecule has 0 bridgehead atoms. The van der Waals surface area contributed by atoms with Crippen molar-refractivity contribution in [2.45, 2.75) is 52.5 Å². The lowest BCUT2D eigenvalue weighted by molar-refractivity contribution is -0.142. The van der Waals surface area contributed by atoms with E-state index in [1.165, 1.54) is 0 Å². The van der Waals surface area contributed by atoms with Crippen LogP contribution < -0.4 is 5.32 Å². The highest BCUT2D eigenvalue weighted by atomic mass is 16.4. The van der Waals surface area contributed by atoms with Crippen LogP contribution in [0.15, 0.2) is 24.3 Å². The molecule has 0 heterocycles. The highest BCUT2D eigenvalue weighted by molar-refractivity contribution is 5.88. The molecule has 126 valence electrons. The van der Waals surface area contributed by atoms with Gasteiger partial charge in [-0.15, -0.1) is 0 Å². The predicted molar refractivity (Wildman–Crippen MR) is 88.1 cm³/mol. The number of aryl methyl sites for hydroxylation is 1. The van der Waals surface area contributed by atoms with E-state index in [-0.39, 0.29) is 24.5 Å². The summed E-state index contributed by atoms with van der Waals surface area (Å²) < 4.78 is 0. The smallest absolute Gasteiger partial charge is 0.326 e. The van der Waals surface area contributed by atoms with Crippen LogP contribution in [0.4, 0.5) is 0 Å². The minimum absolute atomic E-state index is 0.0204. The standard InChI is InChI=1S/C18H25NO4/c1-12(2)10-16(18(22)23)19-17(21)9-8-15(20)11-14-6-4-13(3)5-7-14/h4-7,12,16H,8-11H2,1-3H3,(H,19,21)(H,22,23). The van der Waals surface area contributed by atoms with E-state index < -0.39 is 17.9 Å². The number of carbonyl (C=O) groups is 3. The first-order valence-electron chi connectivity index (χ1n) is 7.87. The molecular weight excluding hydrogens is 294 g/mol. The maximum Gasteiger partial charge on any atom is 0.326 e. The Morgan fingerprint density at radius 1 is 1.09 bits per heavy atom. The molecule has 1 atom stereocenters. The van der Waals surface area contributed by atoms with Crippen molar-refractivity contribution in [2.24, 2.45) is 5.92 Å². The third-order valence-electron chi connectivity index (χ3n) is 3.49. The summed E-state index contributed by atoms with van der Waals surface area (Å²) in [5, 5.41) is 11.6. The maximum atomic E-state index is 11.9. The summed E-state index contributed by atoms with van der Waals surface area (Å²) >= 11 is 0. The van der Waals surface area contributed by atoms with Gasteiger partial charge in [-0.3, -0.25) is 9.59 Å². The van der Waals surface area contributed by atoms with Gasteiger partial charge < -0.3 is 10.4 Å². The number of aliphatic carboxylic acids is 1. The second-order valence-corrected chi connectivity index (χ2v) is 6.29. The van der Waals surface area contributed by atoms with Crippen LogP contribution in [0.25, 0.3) is 0 Å². The van der Waals surface area contributed by atoms with Gasteiger partial charge in [0.25, 0.3) is 0 Å². The quantitative estimate of drug-likeness (QED) is 0.732. The van der Waals surface area contributed by atoms with Crippen LogP contribution in [0.5, 0.6) is 0 Å². The molecule has 2 N–H and O–H groups in total. The van der Waals surface area contributed by atoms with E-state index >= 15 is 0 Å². The summed E-state index contributed by atoms with van der Waals surface area (Å²) in [6.45, 7) is 5.77. The third-order valence-corrected chi connectivity index (χ3v) is 3.49. The molecule has 0 saturated carbocycles. The van der Waals surface area contributed by atoms with E-state index in [0.29, 0.717) is 12.8 Å². The highest BCUT2D eigenvalue weighted by Crippen LogP contribution is 2.08. The Labute approximate surface area is 137 Å². The number of carboxylic acid groups (broad SMARTS) is 1. The van der Waals surface area contributed by atoms with Crippen LogP contribution in [0.3, 0.4) is 0 Å². The summed E-state index contributed by atoms with van der Waals surface area (Å²) in [6, 6.07) is 6.79. The van der Waals surface area contributed by atoms with Crippen LogP contribution in [0.1, 0.15) is 44.2 Å². The second-order valence-electron chi connectivity index (χ2n) is 6.29. The molecule has 1 unspecified atom stereocenters. The lowest BCUT2D eigenvalue weighted by Crippen LogP contribution is -2.41. The molecule has 0 saturated heterocycles. The Kier molecular flexibility index (Phi) is 7.45. The molecule has 5 heteroatoms. The number of hydrogen-bond acceptors (Lipinski definition) is 3. The Morgan fingerprint density at radius 2 is 1.70 bits per heavy atom. The molecule has 0 radical (unpaired) electrons. The molecule has 1 amide bonds. The number of rotatable bonds is 9. The number of amides is 1. The summed E-state index contributed by atoms with van der Waals surface area (Å²) in [5.41, 5.74) is 2.05. The number of hydrogen-bond donors (Lipinski definition) is 2. The number of ketones is 1. The van der Waals surface area contributed by atoms with Crippen LogP contribution in [-0.2, 0) is 20.8 Å². The van der Waals surface area contributed by atoms with Crippen LogP contribution in [0, 0.1) is 12.8 Å². The molecule has 0 aliphatic rings. The molecule has 0 aliphatic heterocycles. The molecular formula is C18H25NO4. The zero-order valence-electron chi connectivity index (χ0n) is 14.0. The van der Waals surface area contributed by atoms with Gasteiger partial charge in [-0.2, -0.15) is 0 Å². The van der Waals surface area contributed by atoms with Gasteiger partial charge in [0, 0.05) is 19.3 Å². The Bertz CT molecular complexity index is 549. The molecule has 0 spiro atoms. The fourth-order valence-corrected chi connectivity index (χ4v) is 2.23. The minimum Gasteiger partial charge on any atom is -0.480 e. The monoisotopic (exact) mass is 319 g/mol. The maximum absolute atomic E-state index is 11.9. The normalized spacial score (nSPS) is 12.0. The average molecular weight is 319 g/mol. The first-order chi connectivity index (χ1) is 10.8. The van der Waals surface area contributed by atoms with Crippen molar-refractivity contribution in [3.05, 3.63) is 35.4 Å². The zero-order chi connectivity index (χ0) is 17.4. The first-order valence-corrected chi connectivity index (χ1v) is 7.87. The molecule has 1 rings (SSSR count). The summed E-state index contributed by atoms with van der Waals surface area (Å²) in [7, 11) is 0. The lowest BCUT2D eigenvalue weighted by atomic mass is 10.0. The number of Topliss-reactive ketones (excluding diaryl/α,β-unsaturated/α-hetero) is 1. The van der Waals surface area contributed by atoms with Crippen LogP contribution in [-0.4, -0.2) is 28.8 Å². The van der Waals surface area contributed by atoms with Crippen molar-refractivity contribution in [3.63, 3.8) is 0 Å². The van der Waals surface area contributed by atoms with Gasteiger partial charge in [-0.25, -0.2) is 4.79 Å². The van der Waals surface area contributed by atoms with Crippen LogP contribution >= 0.6 is 0 Å². The van der Waals surface area contributed by atoms with Crippen molar-refractivity contribution in [1.29, 1.82) is 0 Å². The number of benzene rings is 1. The molecule has 0 aliphatic carbocycles. The molecule has 5 nitrogen and oxygen atoms in total. The summed E-state index contributed by atoms with van der Waals surface area (Å²) in [4.78, 5) is 34.8. The molecule has 23 heavy (non-hydrogen) atoms. The van der Waals surface area contributed by atoms with E-state index in [1.807, 2.05) is 45.0 Å². The summed E-state index contributed by atoms with van der Waals surface area (Å²) in [5.74, 6) is -1.30. The number of carboxylic acids is 1. The fraction of sp³-hybridized carbons (Fsp3) is 0.500. The molecule has 0 fully saturated rings. The Morgan fingerprint density at radius 3 is 2.22 bits per heavy atom. The van der Waals surface area contributed by atoms with Gasteiger partial charge in [-0.05, 0) is 24.8 Å². The first kappa shape index (κ1) is 18.9. The van der Waals surface area contributed by atoms with Gasteiger partial charge in [0.2, 0.25) is 5.91 Å². The summed E-state index contributed by atoms with van der Waals surface area (Å²) in [6.07, 6.45) is 0.806. The fourth-order valence-electron chi connectivity index (χ4n) is 2.23. The predicted octanol–water partition coefficient (Wildman–Crippen LogP) is 2.50. The molecule has 1 aromatic rings. The van der Waals surface area contributed by atoms with E-state index in [4.69, 9.17) is 5.11 Å². The second kappa shape index (κ2) is 9.08. The van der Waals surface area contributed by atoms with E-state index in [0.717, 1.165) is 11.1 Å². The number of carbonyl (C=O) groups excluding carboxylic acids is 2. The van der Waals surface area contributed by atoms with Crippen molar-refractivity contribution < 1.29 is 19.5 Å². The van der Waals surface area contributed by atoms with E-state index in [2.05, 4.69) is 5.32 Å². The average Bonchev–Trinajstić information content (AvgIpc) is 2.46. The van der Waals surface area contributed by atoms with Gasteiger partial charge in [0.15, 0.2) is 0 Å². The van der Waals surface area contributed by atoms with Gasteiger partial charge in [0.05, 0.1) is 0 Å². The van der Waals surface area contributed by atoms with Gasteiger partial charge in [0.1, 0.15) is 11.8 Å². The minimum atomic E-state index is -1.04. The van der Waals surface area contributed by atoms with Gasteiger partial charge >= 0.3 is 5.97 Å².